The third-order valence-corrected chi connectivity index (χ3v) is 3.14. The van der Waals surface area contributed by atoms with Gasteiger partial charge in [-0.1, -0.05) is 18.2 Å². The number of pyridine rings is 1. The van der Waals surface area contributed by atoms with Crippen molar-refractivity contribution in [2.45, 2.75) is 19.8 Å². The summed E-state index contributed by atoms with van der Waals surface area (Å²) in [4.78, 5) is 26.9. The standard InChI is InChI=1S/C16H18N2O4/c1-2-22-16(21)12-10-18-13-7-4-3-6-11(13)15(12)17-9-5-8-14(19)20/h3-4,6-7,10H,2,5,8-9H2,1H3,(H,17,18)(H,19,20). The number of rotatable bonds is 7. The lowest BCUT2D eigenvalue weighted by Gasteiger charge is -2.13. The maximum atomic E-state index is 12.1. The third kappa shape index (κ3) is 3.72. The topological polar surface area (TPSA) is 88.5 Å². The van der Waals surface area contributed by atoms with E-state index in [9.17, 15) is 9.59 Å². The average Bonchev–Trinajstić information content (AvgIpc) is 2.51. The molecule has 0 aliphatic carbocycles. The first-order valence-corrected chi connectivity index (χ1v) is 7.14. The number of aliphatic carboxylic acids is 1. The predicted octanol–water partition coefficient (Wildman–Crippen LogP) is 2.69. The summed E-state index contributed by atoms with van der Waals surface area (Å²) < 4.78 is 5.05. The third-order valence-electron chi connectivity index (χ3n) is 3.14. The maximum absolute atomic E-state index is 12.1. The highest BCUT2D eigenvalue weighted by Crippen LogP contribution is 2.26. The molecule has 2 rings (SSSR count). The molecule has 22 heavy (non-hydrogen) atoms. The SMILES string of the molecule is CCOC(=O)c1cnc2ccccc2c1NCCCC(=O)O. The number of fused-ring (bicyclic) bond motifs is 1. The second kappa shape index (κ2) is 7.40. The van der Waals surface area contributed by atoms with Gasteiger partial charge in [0.2, 0.25) is 0 Å². The fraction of sp³-hybridized carbons (Fsp3) is 0.312. The van der Waals surface area contributed by atoms with Crippen molar-refractivity contribution in [1.82, 2.24) is 4.98 Å². The van der Waals surface area contributed by atoms with E-state index in [-0.39, 0.29) is 13.0 Å². The molecule has 2 N–H and O–H groups in total. The fourth-order valence-corrected chi connectivity index (χ4v) is 2.15. The number of benzene rings is 1. The van der Waals surface area contributed by atoms with Crippen LogP contribution in [-0.2, 0) is 9.53 Å². The largest absolute Gasteiger partial charge is 0.481 e. The summed E-state index contributed by atoms with van der Waals surface area (Å²) >= 11 is 0. The number of carboxylic acid groups (broad SMARTS) is 1. The molecule has 2 aromatic rings. The molecule has 0 aliphatic heterocycles. The zero-order chi connectivity index (χ0) is 15.9. The quantitative estimate of drug-likeness (QED) is 0.604. The van der Waals surface area contributed by atoms with Crippen LogP contribution in [0.15, 0.2) is 30.5 Å². The molecular formula is C16H18N2O4. The Balaban J connectivity index is 2.31. The van der Waals surface area contributed by atoms with Gasteiger partial charge in [-0.3, -0.25) is 9.78 Å². The molecule has 0 spiro atoms. The molecule has 0 radical (unpaired) electrons. The lowest BCUT2D eigenvalue weighted by molar-refractivity contribution is -0.137. The summed E-state index contributed by atoms with van der Waals surface area (Å²) in [7, 11) is 0. The molecular weight excluding hydrogens is 284 g/mol. The Morgan fingerprint density at radius 3 is 2.82 bits per heavy atom. The minimum absolute atomic E-state index is 0.0742. The number of carbonyl (C=O) groups excluding carboxylic acids is 1. The predicted molar refractivity (Wildman–Crippen MR) is 83.1 cm³/mol. The van der Waals surface area contributed by atoms with Crippen LogP contribution < -0.4 is 5.32 Å². The first-order valence-electron chi connectivity index (χ1n) is 7.14. The highest BCUT2D eigenvalue weighted by atomic mass is 16.5. The number of aromatic nitrogens is 1. The van der Waals surface area contributed by atoms with Gasteiger partial charge in [0.25, 0.3) is 0 Å². The summed E-state index contributed by atoms with van der Waals surface area (Å²) in [5.74, 6) is -1.28. The molecule has 116 valence electrons. The lowest BCUT2D eigenvalue weighted by atomic mass is 10.1. The van der Waals surface area contributed by atoms with Crippen LogP contribution >= 0.6 is 0 Å². The number of carboxylic acids is 1. The second-order valence-electron chi connectivity index (χ2n) is 4.71. The fourth-order valence-electron chi connectivity index (χ4n) is 2.15. The van der Waals surface area contributed by atoms with Crippen molar-refractivity contribution >= 4 is 28.5 Å². The minimum Gasteiger partial charge on any atom is -0.481 e. The molecule has 0 fully saturated rings. The molecule has 1 aromatic carbocycles. The van der Waals surface area contributed by atoms with Crippen LogP contribution in [0.1, 0.15) is 30.1 Å². The van der Waals surface area contributed by atoms with E-state index in [2.05, 4.69) is 10.3 Å². The van der Waals surface area contributed by atoms with E-state index in [1.807, 2.05) is 24.3 Å². The number of hydrogen-bond donors (Lipinski definition) is 2. The van der Waals surface area contributed by atoms with Crippen LogP contribution in [0.2, 0.25) is 0 Å². The molecule has 0 saturated carbocycles. The smallest absolute Gasteiger partial charge is 0.341 e. The zero-order valence-electron chi connectivity index (χ0n) is 12.3. The van der Waals surface area contributed by atoms with Crippen LogP contribution in [0.3, 0.4) is 0 Å². The van der Waals surface area contributed by atoms with Crippen molar-refractivity contribution in [1.29, 1.82) is 0 Å². The van der Waals surface area contributed by atoms with Gasteiger partial charge < -0.3 is 15.2 Å². The van der Waals surface area contributed by atoms with E-state index in [1.54, 1.807) is 6.92 Å². The molecule has 0 unspecified atom stereocenters. The lowest BCUT2D eigenvalue weighted by Crippen LogP contribution is -2.12. The summed E-state index contributed by atoms with van der Waals surface area (Å²) in [6.45, 7) is 2.48. The molecule has 0 amide bonds. The highest BCUT2D eigenvalue weighted by Gasteiger charge is 2.16. The summed E-state index contributed by atoms with van der Waals surface area (Å²) in [5.41, 5.74) is 1.75. The number of carbonyl (C=O) groups is 2. The van der Waals surface area contributed by atoms with Crippen LogP contribution in [0, 0.1) is 0 Å². The summed E-state index contributed by atoms with van der Waals surface area (Å²) in [6.07, 6.45) is 2.03. The number of nitrogens with one attached hydrogen (secondary N) is 1. The molecule has 0 bridgehead atoms. The van der Waals surface area contributed by atoms with Gasteiger partial charge in [-0.05, 0) is 19.4 Å². The van der Waals surface area contributed by atoms with Gasteiger partial charge in [-0.25, -0.2) is 4.79 Å². The number of para-hydroxylation sites is 1. The van der Waals surface area contributed by atoms with Crippen molar-refractivity contribution in [3.8, 4) is 0 Å². The van der Waals surface area contributed by atoms with Gasteiger partial charge >= 0.3 is 11.9 Å². The van der Waals surface area contributed by atoms with Crippen LogP contribution in [0.5, 0.6) is 0 Å². The van der Waals surface area contributed by atoms with Gasteiger partial charge in [0, 0.05) is 24.5 Å². The Morgan fingerprint density at radius 1 is 1.32 bits per heavy atom. The molecule has 1 heterocycles. The van der Waals surface area contributed by atoms with Crippen molar-refractivity contribution < 1.29 is 19.4 Å². The van der Waals surface area contributed by atoms with E-state index < -0.39 is 11.9 Å². The first kappa shape index (κ1) is 15.8. The monoisotopic (exact) mass is 302 g/mol. The Morgan fingerprint density at radius 2 is 2.09 bits per heavy atom. The summed E-state index contributed by atoms with van der Waals surface area (Å²) in [5, 5.41) is 12.6. The Kier molecular flexibility index (Phi) is 5.30. The van der Waals surface area contributed by atoms with Gasteiger partial charge in [-0.2, -0.15) is 0 Å². The second-order valence-corrected chi connectivity index (χ2v) is 4.71. The number of nitrogens with zero attached hydrogens (tertiary/aromatic N) is 1. The van der Waals surface area contributed by atoms with Crippen LogP contribution in [0.4, 0.5) is 5.69 Å². The number of hydrogen-bond acceptors (Lipinski definition) is 5. The van der Waals surface area contributed by atoms with Gasteiger partial charge in [-0.15, -0.1) is 0 Å². The molecule has 0 aliphatic rings. The van der Waals surface area contributed by atoms with Crippen molar-refractivity contribution in [3.63, 3.8) is 0 Å². The van der Waals surface area contributed by atoms with Crippen molar-refractivity contribution in [2.75, 3.05) is 18.5 Å². The normalized spacial score (nSPS) is 10.4. The molecule has 1 aromatic heterocycles. The summed E-state index contributed by atoms with van der Waals surface area (Å²) in [6, 6.07) is 7.45. The van der Waals surface area contributed by atoms with Crippen LogP contribution in [0.25, 0.3) is 10.9 Å². The van der Waals surface area contributed by atoms with E-state index in [0.717, 1.165) is 10.9 Å². The van der Waals surface area contributed by atoms with Gasteiger partial charge in [0.1, 0.15) is 5.56 Å². The average molecular weight is 302 g/mol. The Hall–Kier alpha value is -2.63. The number of esters is 1. The van der Waals surface area contributed by atoms with Gasteiger partial charge in [0.05, 0.1) is 17.8 Å². The maximum Gasteiger partial charge on any atom is 0.341 e. The van der Waals surface area contributed by atoms with E-state index in [4.69, 9.17) is 9.84 Å². The molecule has 6 heteroatoms. The highest BCUT2D eigenvalue weighted by molar-refractivity contribution is 6.04. The number of anilines is 1. The van der Waals surface area contributed by atoms with E-state index >= 15 is 0 Å². The van der Waals surface area contributed by atoms with E-state index in [0.29, 0.717) is 24.2 Å². The van der Waals surface area contributed by atoms with Gasteiger partial charge in [0.15, 0.2) is 0 Å². The zero-order valence-corrected chi connectivity index (χ0v) is 12.3. The Labute approximate surface area is 128 Å². The van der Waals surface area contributed by atoms with E-state index in [1.165, 1.54) is 6.20 Å². The minimum atomic E-state index is -0.841. The molecule has 0 atom stereocenters. The van der Waals surface area contributed by atoms with Crippen LogP contribution in [-0.4, -0.2) is 35.2 Å². The Bertz CT molecular complexity index is 685. The van der Waals surface area contributed by atoms with Crippen molar-refractivity contribution in [2.24, 2.45) is 0 Å². The number of ether oxygens (including phenoxy) is 1. The molecule has 0 saturated heterocycles. The first-order chi connectivity index (χ1) is 10.6. The van der Waals surface area contributed by atoms with Crippen molar-refractivity contribution in [3.05, 3.63) is 36.0 Å². The molecule has 6 nitrogen and oxygen atoms in total.